The van der Waals surface area contributed by atoms with E-state index in [1.54, 1.807) is 20.8 Å². The van der Waals surface area contributed by atoms with Crippen LogP contribution in [-0.2, 0) is 4.74 Å². The second-order valence-electron chi connectivity index (χ2n) is 4.95. The average molecular weight is 217 g/mol. The monoisotopic (exact) mass is 217 g/mol. The maximum atomic E-state index is 11.3. The number of hydrogen-bond donors (Lipinski definition) is 3. The van der Waals surface area contributed by atoms with Crippen LogP contribution in [0.25, 0.3) is 0 Å². The molecule has 0 aromatic carbocycles. The molecule has 3 N–H and O–H groups in total. The lowest BCUT2D eigenvalue weighted by atomic mass is 10.2. The third-order valence-corrected chi connectivity index (χ3v) is 2.21. The number of carbonyl (C=O) groups excluding carboxylic acids is 1. The molecular formula is C10H19NO4. The summed E-state index contributed by atoms with van der Waals surface area (Å²) in [6.45, 7) is 5.31. The van der Waals surface area contributed by atoms with Gasteiger partial charge in [-0.15, -0.1) is 0 Å². The lowest BCUT2D eigenvalue weighted by Crippen LogP contribution is -2.42. The van der Waals surface area contributed by atoms with E-state index in [0.29, 0.717) is 12.8 Å². The lowest BCUT2D eigenvalue weighted by Gasteiger charge is -2.22. The molecule has 1 rings (SSSR count). The molecule has 0 unspecified atom stereocenters. The van der Waals surface area contributed by atoms with Crippen molar-refractivity contribution in [2.45, 2.75) is 57.5 Å². The molecule has 0 spiro atoms. The first-order valence-electron chi connectivity index (χ1n) is 5.13. The number of hydrogen-bond acceptors (Lipinski definition) is 4. The number of ether oxygens (including phenoxy) is 1. The van der Waals surface area contributed by atoms with Gasteiger partial charge in [0.2, 0.25) is 0 Å². The molecule has 1 saturated carbocycles. The van der Waals surface area contributed by atoms with Crippen molar-refractivity contribution < 1.29 is 19.7 Å². The van der Waals surface area contributed by atoms with E-state index in [1.807, 2.05) is 0 Å². The SMILES string of the molecule is CC(C)(C)OC(=O)N[C@@H]1C[C@@H](O)C[C@H]1O. The van der Waals surface area contributed by atoms with E-state index in [1.165, 1.54) is 0 Å². The van der Waals surface area contributed by atoms with Gasteiger partial charge >= 0.3 is 6.09 Å². The summed E-state index contributed by atoms with van der Waals surface area (Å²) in [6, 6.07) is -0.408. The number of aliphatic hydroxyl groups excluding tert-OH is 2. The Kier molecular flexibility index (Phi) is 3.57. The minimum absolute atomic E-state index is 0.306. The topological polar surface area (TPSA) is 78.8 Å². The number of amides is 1. The summed E-state index contributed by atoms with van der Waals surface area (Å²) >= 11 is 0. The molecule has 88 valence electrons. The molecule has 3 atom stereocenters. The van der Waals surface area contributed by atoms with Crippen molar-refractivity contribution in [1.29, 1.82) is 0 Å². The van der Waals surface area contributed by atoms with Gasteiger partial charge in [0, 0.05) is 6.42 Å². The molecule has 1 amide bonds. The van der Waals surface area contributed by atoms with Crippen LogP contribution in [0.3, 0.4) is 0 Å². The van der Waals surface area contributed by atoms with Gasteiger partial charge in [0.05, 0.1) is 18.2 Å². The van der Waals surface area contributed by atoms with Crippen LogP contribution < -0.4 is 5.32 Å². The van der Waals surface area contributed by atoms with Crippen molar-refractivity contribution in [3.8, 4) is 0 Å². The first kappa shape index (κ1) is 12.3. The first-order chi connectivity index (χ1) is 6.78. The number of alkyl carbamates (subject to hydrolysis) is 1. The summed E-state index contributed by atoms with van der Waals surface area (Å²) in [5.74, 6) is 0. The van der Waals surface area contributed by atoms with Gasteiger partial charge < -0.3 is 20.3 Å². The van der Waals surface area contributed by atoms with E-state index in [0.717, 1.165) is 0 Å². The Balaban J connectivity index is 2.39. The Labute approximate surface area is 89.4 Å². The summed E-state index contributed by atoms with van der Waals surface area (Å²) in [5.41, 5.74) is -0.549. The molecule has 0 heterocycles. The lowest BCUT2D eigenvalue weighted by molar-refractivity contribution is 0.0449. The van der Waals surface area contributed by atoms with Crippen molar-refractivity contribution in [3.05, 3.63) is 0 Å². The smallest absolute Gasteiger partial charge is 0.407 e. The van der Waals surface area contributed by atoms with Crippen LogP contribution in [0.5, 0.6) is 0 Å². The van der Waals surface area contributed by atoms with Crippen molar-refractivity contribution in [3.63, 3.8) is 0 Å². The fraction of sp³-hybridized carbons (Fsp3) is 0.900. The van der Waals surface area contributed by atoms with Crippen LogP contribution in [0.2, 0.25) is 0 Å². The Morgan fingerprint density at radius 1 is 1.33 bits per heavy atom. The number of aliphatic hydroxyl groups is 2. The molecule has 0 radical (unpaired) electrons. The highest BCUT2D eigenvalue weighted by atomic mass is 16.6. The van der Waals surface area contributed by atoms with Crippen molar-refractivity contribution in [2.24, 2.45) is 0 Å². The average Bonchev–Trinajstić information content (AvgIpc) is 2.25. The van der Waals surface area contributed by atoms with Gasteiger partial charge in [0.15, 0.2) is 0 Å². The molecular weight excluding hydrogens is 198 g/mol. The molecule has 5 nitrogen and oxygen atoms in total. The second kappa shape index (κ2) is 4.37. The van der Waals surface area contributed by atoms with E-state index in [4.69, 9.17) is 4.74 Å². The summed E-state index contributed by atoms with van der Waals surface area (Å²) < 4.78 is 5.04. The van der Waals surface area contributed by atoms with Gasteiger partial charge in [-0.3, -0.25) is 0 Å². The largest absolute Gasteiger partial charge is 0.444 e. The molecule has 1 aliphatic rings. The quantitative estimate of drug-likeness (QED) is 0.594. The molecule has 0 bridgehead atoms. The van der Waals surface area contributed by atoms with E-state index < -0.39 is 29.9 Å². The van der Waals surface area contributed by atoms with Gasteiger partial charge in [-0.2, -0.15) is 0 Å². The second-order valence-corrected chi connectivity index (χ2v) is 4.95. The van der Waals surface area contributed by atoms with Crippen LogP contribution in [0.4, 0.5) is 4.79 Å². The van der Waals surface area contributed by atoms with Crippen LogP contribution in [0.15, 0.2) is 0 Å². The van der Waals surface area contributed by atoms with Crippen LogP contribution in [0, 0.1) is 0 Å². The fourth-order valence-corrected chi connectivity index (χ4v) is 1.60. The number of carbonyl (C=O) groups is 1. The van der Waals surface area contributed by atoms with E-state index >= 15 is 0 Å². The molecule has 0 saturated heterocycles. The van der Waals surface area contributed by atoms with Crippen LogP contribution in [0.1, 0.15) is 33.6 Å². The zero-order valence-corrected chi connectivity index (χ0v) is 9.36. The summed E-state index contributed by atoms with van der Waals surface area (Å²) in [6.07, 6.45) is -1.10. The summed E-state index contributed by atoms with van der Waals surface area (Å²) in [5, 5.41) is 21.3. The van der Waals surface area contributed by atoms with Gasteiger partial charge in [-0.05, 0) is 27.2 Å². The predicted molar refractivity (Wildman–Crippen MR) is 54.4 cm³/mol. The normalized spacial score (nSPS) is 31.4. The summed E-state index contributed by atoms with van der Waals surface area (Å²) in [4.78, 5) is 11.3. The molecule has 15 heavy (non-hydrogen) atoms. The minimum atomic E-state index is -0.687. The van der Waals surface area contributed by atoms with Crippen molar-refractivity contribution in [2.75, 3.05) is 0 Å². The molecule has 1 aliphatic carbocycles. The highest BCUT2D eigenvalue weighted by molar-refractivity contribution is 5.68. The third kappa shape index (κ3) is 4.05. The zero-order valence-electron chi connectivity index (χ0n) is 9.36. The number of rotatable bonds is 1. The van der Waals surface area contributed by atoms with Gasteiger partial charge in [-0.1, -0.05) is 0 Å². The highest BCUT2D eigenvalue weighted by Crippen LogP contribution is 2.20. The Hall–Kier alpha value is -0.810. The van der Waals surface area contributed by atoms with Crippen molar-refractivity contribution in [1.82, 2.24) is 5.32 Å². The third-order valence-electron chi connectivity index (χ3n) is 2.21. The maximum absolute atomic E-state index is 11.3. The molecule has 0 aliphatic heterocycles. The predicted octanol–water partition coefficient (Wildman–Crippen LogP) is 0.395. The Morgan fingerprint density at radius 2 is 1.93 bits per heavy atom. The maximum Gasteiger partial charge on any atom is 0.407 e. The highest BCUT2D eigenvalue weighted by Gasteiger charge is 2.33. The molecule has 0 aromatic heterocycles. The molecule has 5 heteroatoms. The first-order valence-corrected chi connectivity index (χ1v) is 5.13. The molecule has 1 fully saturated rings. The number of nitrogens with one attached hydrogen (secondary N) is 1. The van der Waals surface area contributed by atoms with Gasteiger partial charge in [-0.25, -0.2) is 4.79 Å². The zero-order chi connectivity index (χ0) is 11.6. The van der Waals surface area contributed by atoms with Crippen molar-refractivity contribution >= 4 is 6.09 Å². The summed E-state index contributed by atoms with van der Waals surface area (Å²) in [7, 11) is 0. The Morgan fingerprint density at radius 3 is 2.33 bits per heavy atom. The van der Waals surface area contributed by atoms with Crippen LogP contribution >= 0.6 is 0 Å². The van der Waals surface area contributed by atoms with E-state index in [2.05, 4.69) is 5.32 Å². The van der Waals surface area contributed by atoms with Gasteiger partial charge in [0.25, 0.3) is 0 Å². The van der Waals surface area contributed by atoms with E-state index in [-0.39, 0.29) is 0 Å². The molecule has 0 aromatic rings. The Bertz CT molecular complexity index is 236. The van der Waals surface area contributed by atoms with Gasteiger partial charge in [0.1, 0.15) is 5.60 Å². The van der Waals surface area contributed by atoms with E-state index in [9.17, 15) is 15.0 Å². The fourth-order valence-electron chi connectivity index (χ4n) is 1.60. The standard InChI is InChI=1S/C10H19NO4/c1-10(2,3)15-9(14)11-7-4-6(12)5-8(7)13/h6-8,12-13H,4-5H2,1-3H3,(H,11,14)/t6-,7-,8-/m1/s1. The minimum Gasteiger partial charge on any atom is -0.444 e. The van der Waals surface area contributed by atoms with Crippen LogP contribution in [-0.4, -0.2) is 40.2 Å².